The molecule has 0 fully saturated rings. The summed E-state index contributed by atoms with van der Waals surface area (Å²) in [6, 6.07) is 1.66. The number of nitriles is 1. The van der Waals surface area contributed by atoms with Crippen molar-refractivity contribution < 1.29 is 23.0 Å². The molecule has 0 aliphatic rings. The van der Waals surface area contributed by atoms with Gasteiger partial charge in [-0.25, -0.2) is 0 Å². The van der Waals surface area contributed by atoms with E-state index in [9.17, 15) is 18.3 Å². The predicted molar refractivity (Wildman–Crippen MR) is 49.8 cm³/mol. The van der Waals surface area contributed by atoms with Crippen LogP contribution in [0.15, 0.2) is 6.20 Å². The van der Waals surface area contributed by atoms with E-state index in [2.05, 4.69) is 9.72 Å². The third-order valence-electron chi connectivity index (χ3n) is 1.84. The van der Waals surface area contributed by atoms with Crippen LogP contribution in [0.5, 0.6) is 11.5 Å². The number of aromatic hydroxyl groups is 1. The minimum absolute atomic E-state index is 0.0958. The Morgan fingerprint density at radius 3 is 2.65 bits per heavy atom. The van der Waals surface area contributed by atoms with Crippen LogP contribution >= 0.6 is 0 Å². The molecule has 0 spiro atoms. The molecular formula is C9H8F3N3O2. The monoisotopic (exact) mass is 247 g/mol. The van der Waals surface area contributed by atoms with E-state index >= 15 is 0 Å². The van der Waals surface area contributed by atoms with E-state index in [1.165, 1.54) is 0 Å². The number of nitrogens with zero attached hydrogens (tertiary/aromatic N) is 2. The van der Waals surface area contributed by atoms with Crippen LogP contribution in [-0.4, -0.2) is 16.5 Å². The van der Waals surface area contributed by atoms with Crippen molar-refractivity contribution in [1.82, 2.24) is 4.98 Å². The van der Waals surface area contributed by atoms with Gasteiger partial charge in [0.25, 0.3) is 0 Å². The number of pyridine rings is 1. The fraction of sp³-hybridized carbons (Fsp3) is 0.333. The summed E-state index contributed by atoms with van der Waals surface area (Å²) in [5.41, 5.74) is 4.91. The normalized spacial score (nSPS) is 11.0. The van der Waals surface area contributed by atoms with Gasteiger partial charge in [0.1, 0.15) is 0 Å². The molecule has 1 rings (SSSR count). The predicted octanol–water partition coefficient (Wildman–Crippen LogP) is 1.21. The van der Waals surface area contributed by atoms with Crippen molar-refractivity contribution in [3.8, 4) is 17.6 Å². The highest BCUT2D eigenvalue weighted by atomic mass is 19.4. The van der Waals surface area contributed by atoms with Crippen LogP contribution in [0, 0.1) is 11.3 Å². The van der Waals surface area contributed by atoms with Crippen LogP contribution < -0.4 is 10.5 Å². The van der Waals surface area contributed by atoms with Crippen molar-refractivity contribution in [3.05, 3.63) is 17.5 Å². The van der Waals surface area contributed by atoms with Gasteiger partial charge in [0, 0.05) is 18.3 Å². The fourth-order valence-corrected chi connectivity index (χ4v) is 1.14. The Bertz CT molecular complexity index is 454. The third-order valence-corrected chi connectivity index (χ3v) is 1.84. The second-order valence-electron chi connectivity index (χ2n) is 2.99. The second kappa shape index (κ2) is 4.88. The molecular weight excluding hydrogens is 239 g/mol. The molecule has 92 valence electrons. The molecule has 1 aromatic rings. The molecule has 17 heavy (non-hydrogen) atoms. The number of rotatable bonds is 3. The van der Waals surface area contributed by atoms with Crippen molar-refractivity contribution in [2.75, 3.05) is 0 Å². The second-order valence-corrected chi connectivity index (χ2v) is 2.99. The Labute approximate surface area is 94.2 Å². The Morgan fingerprint density at radius 1 is 1.53 bits per heavy atom. The summed E-state index contributed by atoms with van der Waals surface area (Å²) in [7, 11) is 0. The maximum atomic E-state index is 12.1. The van der Waals surface area contributed by atoms with Crippen molar-refractivity contribution in [1.29, 1.82) is 5.26 Å². The van der Waals surface area contributed by atoms with E-state index in [-0.39, 0.29) is 24.2 Å². The van der Waals surface area contributed by atoms with Crippen molar-refractivity contribution in [3.63, 3.8) is 0 Å². The molecule has 5 nitrogen and oxygen atoms in total. The standard InChI is InChI=1S/C9H8F3N3O2/c10-9(11,12)17-8-5(3-14)4-15-6(1-2-13)7(8)16/h4,16H,1,3,14H2. The first-order valence-corrected chi connectivity index (χ1v) is 4.41. The highest BCUT2D eigenvalue weighted by molar-refractivity contribution is 5.48. The van der Waals surface area contributed by atoms with Crippen LogP contribution in [0.2, 0.25) is 0 Å². The van der Waals surface area contributed by atoms with Gasteiger partial charge < -0.3 is 15.6 Å². The summed E-state index contributed by atoms with van der Waals surface area (Å²) >= 11 is 0. The van der Waals surface area contributed by atoms with Crippen molar-refractivity contribution in [2.45, 2.75) is 19.3 Å². The summed E-state index contributed by atoms with van der Waals surface area (Å²) in [5, 5.41) is 17.9. The fourth-order valence-electron chi connectivity index (χ4n) is 1.14. The number of nitrogens with two attached hydrogens (primary N) is 1. The molecule has 1 heterocycles. The first-order chi connectivity index (χ1) is 7.89. The average molecular weight is 247 g/mol. The molecule has 8 heteroatoms. The molecule has 0 aliphatic carbocycles. The summed E-state index contributed by atoms with van der Waals surface area (Å²) in [6.45, 7) is -0.279. The SMILES string of the molecule is N#CCc1ncc(CN)c(OC(F)(F)F)c1O. The van der Waals surface area contributed by atoms with E-state index in [1.807, 2.05) is 0 Å². The molecule has 0 atom stereocenters. The maximum Gasteiger partial charge on any atom is 0.573 e. The van der Waals surface area contributed by atoms with Crippen LogP contribution in [0.1, 0.15) is 11.3 Å². The largest absolute Gasteiger partial charge is 0.573 e. The first-order valence-electron chi connectivity index (χ1n) is 4.41. The molecule has 0 amide bonds. The number of hydrogen-bond donors (Lipinski definition) is 2. The zero-order valence-electron chi connectivity index (χ0n) is 8.45. The summed E-state index contributed by atoms with van der Waals surface area (Å²) in [5.74, 6) is -1.62. The van der Waals surface area contributed by atoms with E-state index in [1.54, 1.807) is 6.07 Å². The zero-order valence-corrected chi connectivity index (χ0v) is 8.45. The molecule has 0 saturated heterocycles. The highest BCUT2D eigenvalue weighted by Gasteiger charge is 2.34. The van der Waals surface area contributed by atoms with Crippen LogP contribution in [0.25, 0.3) is 0 Å². The number of aromatic nitrogens is 1. The lowest BCUT2D eigenvalue weighted by molar-refractivity contribution is -0.275. The number of halogens is 3. The summed E-state index contributed by atoms with van der Waals surface area (Å²) < 4.78 is 39.9. The minimum atomic E-state index is -4.95. The Hall–Kier alpha value is -2.01. The number of ether oxygens (including phenoxy) is 1. The minimum Gasteiger partial charge on any atom is -0.503 e. The lowest BCUT2D eigenvalue weighted by Gasteiger charge is -2.14. The molecule has 0 radical (unpaired) electrons. The Morgan fingerprint density at radius 2 is 2.18 bits per heavy atom. The van der Waals surface area contributed by atoms with Gasteiger partial charge in [-0.3, -0.25) is 4.98 Å². The molecule has 3 N–H and O–H groups in total. The maximum absolute atomic E-state index is 12.1. The van der Waals surface area contributed by atoms with Crippen molar-refractivity contribution in [2.24, 2.45) is 5.73 Å². The van der Waals surface area contributed by atoms with Gasteiger partial charge in [-0.05, 0) is 0 Å². The van der Waals surface area contributed by atoms with Gasteiger partial charge in [0.15, 0.2) is 11.5 Å². The third kappa shape index (κ3) is 3.22. The quantitative estimate of drug-likeness (QED) is 0.837. The molecule has 0 aromatic carbocycles. The van der Waals surface area contributed by atoms with Gasteiger partial charge in [-0.1, -0.05) is 0 Å². The lowest BCUT2D eigenvalue weighted by atomic mass is 10.2. The van der Waals surface area contributed by atoms with Crippen molar-refractivity contribution >= 4 is 0 Å². The first kappa shape index (κ1) is 13.1. The summed E-state index contributed by atoms with van der Waals surface area (Å²) in [4.78, 5) is 3.63. The summed E-state index contributed by atoms with van der Waals surface area (Å²) in [6.07, 6.45) is -4.25. The Kier molecular flexibility index (Phi) is 3.75. The van der Waals surface area contributed by atoms with Gasteiger partial charge in [0.2, 0.25) is 0 Å². The van der Waals surface area contributed by atoms with Gasteiger partial charge in [-0.2, -0.15) is 5.26 Å². The van der Waals surface area contributed by atoms with E-state index in [0.29, 0.717) is 0 Å². The zero-order chi connectivity index (χ0) is 13.1. The van der Waals surface area contributed by atoms with Crippen LogP contribution in [0.4, 0.5) is 13.2 Å². The topological polar surface area (TPSA) is 92.2 Å². The van der Waals surface area contributed by atoms with Crippen LogP contribution in [0.3, 0.4) is 0 Å². The average Bonchev–Trinajstić information content (AvgIpc) is 2.23. The molecule has 0 saturated carbocycles. The van der Waals surface area contributed by atoms with E-state index in [4.69, 9.17) is 11.0 Å². The van der Waals surface area contributed by atoms with Gasteiger partial charge in [0.05, 0.1) is 18.2 Å². The number of alkyl halides is 3. The van der Waals surface area contributed by atoms with Gasteiger partial charge in [-0.15, -0.1) is 13.2 Å². The van der Waals surface area contributed by atoms with Gasteiger partial charge >= 0.3 is 6.36 Å². The Balaban J connectivity index is 3.23. The number of hydrogen-bond acceptors (Lipinski definition) is 5. The lowest BCUT2D eigenvalue weighted by Crippen LogP contribution is -2.19. The van der Waals surface area contributed by atoms with Crippen LogP contribution in [-0.2, 0) is 13.0 Å². The smallest absolute Gasteiger partial charge is 0.503 e. The van der Waals surface area contributed by atoms with E-state index in [0.717, 1.165) is 6.20 Å². The van der Waals surface area contributed by atoms with E-state index < -0.39 is 17.9 Å². The molecule has 0 unspecified atom stereocenters. The molecule has 0 bridgehead atoms. The molecule has 0 aliphatic heterocycles. The molecule has 1 aromatic heterocycles. The highest BCUT2D eigenvalue weighted by Crippen LogP contribution is 2.36.